The third-order valence-electron chi connectivity index (χ3n) is 10.6. The first kappa shape index (κ1) is 48.6. The van der Waals surface area contributed by atoms with Crippen molar-refractivity contribution in [2.45, 2.75) is 122 Å². The van der Waals surface area contributed by atoms with Crippen LogP contribution in [0.1, 0.15) is 90.3 Å². The number of aromatic hydroxyl groups is 1. The molecule has 2 heterocycles. The molecule has 0 bridgehead atoms. The van der Waals surface area contributed by atoms with Gasteiger partial charge in [-0.1, -0.05) is 76.6 Å². The van der Waals surface area contributed by atoms with E-state index in [9.17, 15) is 48.6 Å². The Morgan fingerprint density at radius 2 is 1.55 bits per heavy atom. The number of nitrogens with one attached hydrogen (secondary N) is 6. The first-order chi connectivity index (χ1) is 29.4. The van der Waals surface area contributed by atoms with Crippen LogP contribution in [0.2, 0.25) is 0 Å². The standard InChI is InChI=1S/C44H61N7O11/c1-25(2)11-9-15-35(54)46-31(22-28-16-18-30(53)19-17-28)39(56)48-33-24-62-36(55)23-45-42(59)37(27(5)52)49-41(58)34-14-10-20-51(34)44(61)32(21-26(3)4)47-43(60)38(50-40(33)57)29-12-7-6-8-13-29/h6-8,12-13,16-19,25-27,31-34,37-38,52-53H,9-11,14-15,20-24H2,1-5H3,(H,45,59)(H,46,54)(H,47,60)(H,48,56)(H,49,58)(H,50,57)/t27?,31-,32+,33+,34-,37-,38?/m0/s1. The zero-order valence-corrected chi connectivity index (χ0v) is 36.0. The van der Waals surface area contributed by atoms with E-state index in [4.69, 9.17) is 4.74 Å². The highest BCUT2D eigenvalue weighted by molar-refractivity contribution is 5.98. The highest BCUT2D eigenvalue weighted by Gasteiger charge is 2.41. The molecule has 7 amide bonds. The van der Waals surface area contributed by atoms with Gasteiger partial charge in [-0.3, -0.25) is 38.4 Å². The fourth-order valence-corrected chi connectivity index (χ4v) is 7.26. The van der Waals surface area contributed by atoms with E-state index in [1.54, 1.807) is 42.5 Å². The largest absolute Gasteiger partial charge is 0.508 e. The molecule has 18 nitrogen and oxygen atoms in total. The molecule has 0 saturated carbocycles. The second-order valence-electron chi connectivity index (χ2n) is 16.7. The fourth-order valence-electron chi connectivity index (χ4n) is 7.26. The maximum absolute atomic E-state index is 14.3. The van der Waals surface area contributed by atoms with E-state index in [1.807, 2.05) is 27.7 Å². The van der Waals surface area contributed by atoms with E-state index < -0.39 is 103 Å². The molecular weight excluding hydrogens is 803 g/mol. The summed E-state index contributed by atoms with van der Waals surface area (Å²) >= 11 is 0. The maximum atomic E-state index is 14.3. The number of esters is 1. The summed E-state index contributed by atoms with van der Waals surface area (Å²) in [5.41, 5.74) is 0.877. The van der Waals surface area contributed by atoms with Gasteiger partial charge < -0.3 is 51.8 Å². The second kappa shape index (κ2) is 23.3. The Hall–Kier alpha value is -6.04. The predicted molar refractivity (Wildman–Crippen MR) is 225 cm³/mol. The number of cyclic esters (lactones) is 1. The maximum Gasteiger partial charge on any atom is 0.325 e. The molecule has 2 aromatic rings. The van der Waals surface area contributed by atoms with Crippen LogP contribution >= 0.6 is 0 Å². The number of phenolic OH excluding ortho intramolecular Hbond substituents is 1. The Balaban J connectivity index is 1.72. The van der Waals surface area contributed by atoms with E-state index in [-0.39, 0.29) is 43.9 Å². The number of amides is 7. The molecule has 2 aliphatic heterocycles. The highest BCUT2D eigenvalue weighted by atomic mass is 16.5. The summed E-state index contributed by atoms with van der Waals surface area (Å²) in [6.45, 7) is 7.61. The van der Waals surface area contributed by atoms with Crippen LogP contribution in [-0.2, 0) is 49.5 Å². The summed E-state index contributed by atoms with van der Waals surface area (Å²) in [7, 11) is 0. The van der Waals surface area contributed by atoms with Crippen molar-refractivity contribution in [2.75, 3.05) is 19.7 Å². The van der Waals surface area contributed by atoms with Gasteiger partial charge >= 0.3 is 5.97 Å². The van der Waals surface area contributed by atoms with E-state index in [2.05, 4.69) is 31.9 Å². The molecule has 8 N–H and O–H groups in total. The van der Waals surface area contributed by atoms with E-state index in [0.29, 0.717) is 29.9 Å². The van der Waals surface area contributed by atoms with Gasteiger partial charge in [0.25, 0.3) is 0 Å². The Bertz CT molecular complexity index is 1890. The summed E-state index contributed by atoms with van der Waals surface area (Å²) < 4.78 is 5.38. The fraction of sp³-hybridized carbons (Fsp3) is 0.545. The van der Waals surface area contributed by atoms with Crippen molar-refractivity contribution in [3.8, 4) is 5.75 Å². The monoisotopic (exact) mass is 863 g/mol. The summed E-state index contributed by atoms with van der Waals surface area (Å²) in [4.78, 5) is 111. The number of ether oxygens (including phenoxy) is 1. The van der Waals surface area contributed by atoms with Crippen LogP contribution in [0.5, 0.6) is 5.75 Å². The van der Waals surface area contributed by atoms with Gasteiger partial charge in [-0.2, -0.15) is 0 Å². The lowest BCUT2D eigenvalue weighted by Crippen LogP contribution is -2.59. The lowest BCUT2D eigenvalue weighted by atomic mass is 10.00. The Kier molecular flexibility index (Phi) is 18.2. The number of rotatable bonds is 13. The minimum absolute atomic E-state index is 0.0155. The molecule has 2 aliphatic rings. The molecule has 62 heavy (non-hydrogen) atoms. The van der Waals surface area contributed by atoms with Gasteiger partial charge in [0, 0.05) is 19.4 Å². The van der Waals surface area contributed by atoms with Gasteiger partial charge in [0.05, 0.1) is 6.10 Å². The topological polar surface area (TPSA) is 262 Å². The molecule has 2 aromatic carbocycles. The SMILES string of the molecule is CC(C)CCCC(=O)N[C@@H](Cc1ccc(O)cc1)C(=O)N[C@@H]1COC(=O)CNC(=O)[C@H](C(C)O)NC(=O)[C@@H]2CCCN2C(=O)[C@@H](CC(C)C)NC(=O)C(c2ccccc2)NC1=O. The predicted octanol–water partition coefficient (Wildman–Crippen LogP) is 0.649. The van der Waals surface area contributed by atoms with Crippen molar-refractivity contribution in [2.24, 2.45) is 11.8 Å². The van der Waals surface area contributed by atoms with Crippen LogP contribution in [-0.4, -0.2) is 118 Å². The van der Waals surface area contributed by atoms with E-state index in [1.165, 1.54) is 24.0 Å². The van der Waals surface area contributed by atoms with E-state index in [0.717, 1.165) is 6.42 Å². The first-order valence-corrected chi connectivity index (χ1v) is 21.2. The van der Waals surface area contributed by atoms with Gasteiger partial charge in [0.1, 0.15) is 55.2 Å². The molecular formula is C44H61N7O11. The molecule has 0 radical (unpaired) electrons. The number of hydrogen-bond donors (Lipinski definition) is 8. The van der Waals surface area contributed by atoms with Gasteiger partial charge in [-0.25, -0.2) is 0 Å². The summed E-state index contributed by atoms with van der Waals surface area (Å²) in [5.74, 6) is -6.07. The summed E-state index contributed by atoms with van der Waals surface area (Å²) in [5, 5.41) is 35.9. The number of carbonyl (C=O) groups excluding carboxylic acids is 8. The van der Waals surface area contributed by atoms with Crippen LogP contribution in [0.4, 0.5) is 0 Å². The average molecular weight is 864 g/mol. The molecule has 2 fully saturated rings. The van der Waals surface area contributed by atoms with Gasteiger partial charge in [-0.15, -0.1) is 0 Å². The van der Waals surface area contributed by atoms with Crippen molar-refractivity contribution in [1.29, 1.82) is 0 Å². The Morgan fingerprint density at radius 1 is 0.855 bits per heavy atom. The van der Waals surface area contributed by atoms with Crippen LogP contribution in [0.25, 0.3) is 0 Å². The minimum Gasteiger partial charge on any atom is -0.508 e. The quantitative estimate of drug-likeness (QED) is 0.130. The number of nitrogens with zero attached hydrogens (tertiary/aromatic N) is 1. The second-order valence-corrected chi connectivity index (χ2v) is 16.7. The number of aliphatic hydroxyl groups excluding tert-OH is 1. The smallest absolute Gasteiger partial charge is 0.325 e. The molecule has 2 saturated heterocycles. The van der Waals surface area contributed by atoms with Crippen LogP contribution in [0.3, 0.4) is 0 Å². The van der Waals surface area contributed by atoms with Gasteiger partial charge in [0.2, 0.25) is 41.4 Å². The summed E-state index contributed by atoms with van der Waals surface area (Å²) in [6.07, 6.45) is 0.814. The zero-order chi connectivity index (χ0) is 45.5. The van der Waals surface area contributed by atoms with Crippen molar-refractivity contribution >= 4 is 47.3 Å². The van der Waals surface area contributed by atoms with Crippen LogP contribution in [0.15, 0.2) is 54.6 Å². The average Bonchev–Trinajstić information content (AvgIpc) is 3.72. The molecule has 0 spiro atoms. The third kappa shape index (κ3) is 14.6. The minimum atomic E-state index is -1.67. The first-order valence-electron chi connectivity index (χ1n) is 21.2. The number of benzene rings is 2. The molecule has 338 valence electrons. The lowest BCUT2D eigenvalue weighted by Gasteiger charge is -2.31. The lowest BCUT2D eigenvalue weighted by molar-refractivity contribution is -0.147. The molecule has 0 aromatic heterocycles. The number of carbonyl (C=O) groups is 8. The van der Waals surface area contributed by atoms with Crippen molar-refractivity contribution in [1.82, 2.24) is 36.8 Å². The van der Waals surface area contributed by atoms with E-state index >= 15 is 0 Å². The summed E-state index contributed by atoms with van der Waals surface area (Å²) in [6, 6.07) is 6.03. The third-order valence-corrected chi connectivity index (χ3v) is 10.6. The van der Waals surface area contributed by atoms with Gasteiger partial charge in [0.15, 0.2) is 0 Å². The molecule has 4 rings (SSSR count). The number of aliphatic hydroxyl groups is 1. The molecule has 2 unspecified atom stereocenters. The van der Waals surface area contributed by atoms with Crippen LogP contribution in [0, 0.1) is 11.8 Å². The number of fused-ring (bicyclic) bond motifs is 1. The Labute approximate surface area is 361 Å². The molecule has 0 aliphatic carbocycles. The highest BCUT2D eigenvalue weighted by Crippen LogP contribution is 2.22. The van der Waals surface area contributed by atoms with Crippen LogP contribution < -0.4 is 31.9 Å². The van der Waals surface area contributed by atoms with Gasteiger partial charge in [-0.05, 0) is 67.7 Å². The zero-order valence-electron chi connectivity index (χ0n) is 36.0. The number of phenols is 1. The Morgan fingerprint density at radius 3 is 2.19 bits per heavy atom. The van der Waals surface area contributed by atoms with Crippen molar-refractivity contribution in [3.05, 3.63) is 65.7 Å². The van der Waals surface area contributed by atoms with Crippen molar-refractivity contribution in [3.63, 3.8) is 0 Å². The van der Waals surface area contributed by atoms with Crippen molar-refractivity contribution < 1.29 is 53.3 Å². The number of hydrogen-bond acceptors (Lipinski definition) is 11. The molecule has 7 atom stereocenters. The normalized spacial score (nSPS) is 23.0. The molecule has 18 heteroatoms.